The van der Waals surface area contributed by atoms with Gasteiger partial charge in [0.05, 0.1) is 0 Å². The maximum absolute atomic E-state index is 10.8. The van der Waals surface area contributed by atoms with Crippen molar-refractivity contribution in [2.24, 2.45) is 5.92 Å². The number of nitrogens with zero attached hydrogens (tertiary/aromatic N) is 1. The summed E-state index contributed by atoms with van der Waals surface area (Å²) >= 11 is 0. The van der Waals surface area contributed by atoms with Gasteiger partial charge in [-0.2, -0.15) is 0 Å². The van der Waals surface area contributed by atoms with Crippen LogP contribution in [0, 0.1) is 5.92 Å². The molecule has 0 aromatic rings. The van der Waals surface area contributed by atoms with Crippen LogP contribution in [-0.4, -0.2) is 38.7 Å². The van der Waals surface area contributed by atoms with Gasteiger partial charge in [0.25, 0.3) is 0 Å². The molecule has 13 heavy (non-hydrogen) atoms. The lowest BCUT2D eigenvalue weighted by atomic mass is 9.99. The smallest absolute Gasteiger partial charge is 0.168 e. The molecule has 1 aliphatic heterocycles. The number of sulfone groups is 1. The lowest BCUT2D eigenvalue weighted by Crippen LogP contribution is -2.49. The van der Waals surface area contributed by atoms with Gasteiger partial charge in [-0.05, 0) is 13.8 Å². The van der Waals surface area contributed by atoms with E-state index in [9.17, 15) is 8.42 Å². The van der Waals surface area contributed by atoms with Crippen molar-refractivity contribution in [3.63, 3.8) is 0 Å². The minimum atomic E-state index is -2.93. The molecule has 1 saturated heterocycles. The Bertz CT molecular complexity index is 287. The van der Waals surface area contributed by atoms with Crippen molar-refractivity contribution in [3.05, 3.63) is 11.5 Å². The van der Waals surface area contributed by atoms with Gasteiger partial charge in [-0.25, -0.2) is 8.42 Å². The van der Waals surface area contributed by atoms with Crippen LogP contribution in [0.5, 0.6) is 0 Å². The molecular formula is C9H17NO2S. The van der Waals surface area contributed by atoms with Gasteiger partial charge in [0.1, 0.15) is 0 Å². The number of likely N-dealkylation sites (tertiary alicyclic amines) is 1. The van der Waals surface area contributed by atoms with Gasteiger partial charge >= 0.3 is 0 Å². The lowest BCUT2D eigenvalue weighted by molar-refractivity contribution is 0.0943. The van der Waals surface area contributed by atoms with Gasteiger partial charge in [0, 0.05) is 36.7 Å². The highest BCUT2D eigenvalue weighted by Crippen LogP contribution is 2.19. The Morgan fingerprint density at radius 2 is 1.92 bits per heavy atom. The van der Waals surface area contributed by atoms with Crippen LogP contribution in [0.25, 0.3) is 0 Å². The number of hydrogen-bond donors (Lipinski definition) is 0. The Kier molecular flexibility index (Phi) is 3.14. The average molecular weight is 203 g/mol. The SMILES string of the molecule is CC(C)N1CC(C=CS(C)(=O)=O)C1. The monoisotopic (exact) mass is 203 g/mol. The molecule has 0 aromatic heterocycles. The molecule has 0 amide bonds. The van der Waals surface area contributed by atoms with Crippen LogP contribution in [-0.2, 0) is 9.84 Å². The summed E-state index contributed by atoms with van der Waals surface area (Å²) in [5.74, 6) is 0.428. The quantitative estimate of drug-likeness (QED) is 0.683. The first kappa shape index (κ1) is 10.7. The third kappa shape index (κ3) is 3.48. The van der Waals surface area contributed by atoms with Crippen LogP contribution in [0.3, 0.4) is 0 Å². The zero-order valence-electron chi connectivity index (χ0n) is 8.40. The van der Waals surface area contributed by atoms with Crippen molar-refractivity contribution in [3.8, 4) is 0 Å². The molecule has 3 nitrogen and oxygen atoms in total. The first-order chi connectivity index (χ1) is 5.88. The second kappa shape index (κ2) is 3.80. The van der Waals surface area contributed by atoms with Crippen LogP contribution in [0.2, 0.25) is 0 Å². The van der Waals surface area contributed by atoms with E-state index >= 15 is 0 Å². The predicted octanol–water partition coefficient (Wildman–Crippen LogP) is 0.885. The molecule has 0 N–H and O–H groups in total. The fourth-order valence-electron chi connectivity index (χ4n) is 1.35. The Morgan fingerprint density at radius 1 is 1.38 bits per heavy atom. The summed E-state index contributed by atoms with van der Waals surface area (Å²) in [7, 11) is -2.93. The molecule has 76 valence electrons. The third-order valence-corrected chi connectivity index (χ3v) is 2.92. The summed E-state index contributed by atoms with van der Waals surface area (Å²) in [6.07, 6.45) is 3.02. The third-order valence-electron chi connectivity index (χ3n) is 2.27. The Hall–Kier alpha value is -0.350. The molecule has 0 atom stereocenters. The standard InChI is InChI=1S/C9H17NO2S/c1-8(2)10-6-9(7-10)4-5-13(3,11)12/h4-5,8-9H,6-7H2,1-3H3. The van der Waals surface area contributed by atoms with Gasteiger partial charge in [-0.15, -0.1) is 0 Å². The van der Waals surface area contributed by atoms with E-state index in [1.807, 2.05) is 0 Å². The van der Waals surface area contributed by atoms with Crippen LogP contribution >= 0.6 is 0 Å². The summed E-state index contributed by atoms with van der Waals surface area (Å²) in [5.41, 5.74) is 0. The van der Waals surface area contributed by atoms with Crippen LogP contribution in [0.1, 0.15) is 13.8 Å². The molecule has 1 rings (SSSR count). The Balaban J connectivity index is 2.34. The number of hydrogen-bond acceptors (Lipinski definition) is 3. The van der Waals surface area contributed by atoms with E-state index in [1.54, 1.807) is 6.08 Å². The van der Waals surface area contributed by atoms with Crippen molar-refractivity contribution >= 4 is 9.84 Å². The van der Waals surface area contributed by atoms with E-state index in [0.29, 0.717) is 12.0 Å². The lowest BCUT2D eigenvalue weighted by Gasteiger charge is -2.40. The Labute approximate surface area is 80.3 Å². The molecule has 0 saturated carbocycles. The van der Waals surface area contributed by atoms with Gasteiger partial charge in [0.2, 0.25) is 0 Å². The summed E-state index contributed by atoms with van der Waals surface area (Å²) in [5, 5.41) is 1.31. The number of rotatable bonds is 3. The molecule has 0 spiro atoms. The maximum Gasteiger partial charge on any atom is 0.168 e. The van der Waals surface area contributed by atoms with Crippen molar-refractivity contribution in [1.29, 1.82) is 0 Å². The normalized spacial score (nSPS) is 21.2. The highest BCUT2D eigenvalue weighted by Gasteiger charge is 2.26. The fourth-order valence-corrected chi connectivity index (χ4v) is 1.85. The first-order valence-corrected chi connectivity index (χ1v) is 6.46. The zero-order chi connectivity index (χ0) is 10.1. The van der Waals surface area contributed by atoms with Gasteiger partial charge in [-0.3, -0.25) is 4.90 Å². The van der Waals surface area contributed by atoms with Crippen LogP contribution < -0.4 is 0 Å². The average Bonchev–Trinajstić information content (AvgIpc) is 1.79. The molecule has 0 radical (unpaired) electrons. The van der Waals surface area contributed by atoms with Crippen molar-refractivity contribution in [2.45, 2.75) is 19.9 Å². The highest BCUT2D eigenvalue weighted by molar-refractivity contribution is 7.93. The summed E-state index contributed by atoms with van der Waals surface area (Å²) in [6.45, 7) is 6.28. The summed E-state index contributed by atoms with van der Waals surface area (Å²) < 4.78 is 21.6. The minimum absolute atomic E-state index is 0.428. The first-order valence-electron chi connectivity index (χ1n) is 4.51. The molecule has 0 unspecified atom stereocenters. The predicted molar refractivity (Wildman–Crippen MR) is 54.2 cm³/mol. The Morgan fingerprint density at radius 3 is 2.31 bits per heavy atom. The zero-order valence-corrected chi connectivity index (χ0v) is 9.21. The summed E-state index contributed by atoms with van der Waals surface area (Å²) in [4.78, 5) is 2.32. The second-order valence-electron chi connectivity index (χ2n) is 3.97. The van der Waals surface area contributed by atoms with Crippen molar-refractivity contribution < 1.29 is 8.42 Å². The molecule has 0 aliphatic carbocycles. The molecule has 0 bridgehead atoms. The van der Waals surface area contributed by atoms with Crippen molar-refractivity contribution in [1.82, 2.24) is 4.90 Å². The maximum atomic E-state index is 10.8. The molecule has 1 aliphatic rings. The minimum Gasteiger partial charge on any atom is -0.300 e. The molecule has 0 aromatic carbocycles. The van der Waals surface area contributed by atoms with E-state index in [1.165, 1.54) is 11.7 Å². The molecule has 1 fully saturated rings. The van der Waals surface area contributed by atoms with E-state index in [-0.39, 0.29) is 0 Å². The fraction of sp³-hybridized carbons (Fsp3) is 0.778. The van der Waals surface area contributed by atoms with E-state index < -0.39 is 9.84 Å². The highest BCUT2D eigenvalue weighted by atomic mass is 32.2. The molecular weight excluding hydrogens is 186 g/mol. The summed E-state index contributed by atoms with van der Waals surface area (Å²) in [6, 6.07) is 0.572. The van der Waals surface area contributed by atoms with E-state index in [2.05, 4.69) is 18.7 Å². The second-order valence-corrected chi connectivity index (χ2v) is 5.90. The van der Waals surface area contributed by atoms with E-state index in [0.717, 1.165) is 13.1 Å². The van der Waals surface area contributed by atoms with Gasteiger partial charge in [0.15, 0.2) is 9.84 Å². The van der Waals surface area contributed by atoms with Gasteiger partial charge < -0.3 is 0 Å². The topological polar surface area (TPSA) is 37.4 Å². The largest absolute Gasteiger partial charge is 0.300 e. The van der Waals surface area contributed by atoms with E-state index in [4.69, 9.17) is 0 Å². The molecule has 4 heteroatoms. The van der Waals surface area contributed by atoms with Crippen molar-refractivity contribution in [2.75, 3.05) is 19.3 Å². The van der Waals surface area contributed by atoms with Crippen LogP contribution in [0.15, 0.2) is 11.5 Å². The van der Waals surface area contributed by atoms with Gasteiger partial charge in [-0.1, -0.05) is 6.08 Å². The van der Waals surface area contributed by atoms with Crippen LogP contribution in [0.4, 0.5) is 0 Å². The molecule has 1 heterocycles.